The van der Waals surface area contributed by atoms with Crippen LogP contribution in [0.1, 0.15) is 21.7 Å². The van der Waals surface area contributed by atoms with E-state index in [0.29, 0.717) is 16.9 Å². The minimum absolute atomic E-state index is 0.191. The van der Waals surface area contributed by atoms with Crippen LogP contribution in [0.3, 0.4) is 0 Å². The highest BCUT2D eigenvalue weighted by Gasteiger charge is 2.13. The number of imidazole rings is 1. The van der Waals surface area contributed by atoms with E-state index in [2.05, 4.69) is 15.3 Å². The summed E-state index contributed by atoms with van der Waals surface area (Å²) in [5.41, 5.74) is 4.49. The van der Waals surface area contributed by atoms with Crippen molar-refractivity contribution in [1.82, 2.24) is 14.4 Å². The number of rotatable bonds is 3. The maximum atomic E-state index is 12.7. The van der Waals surface area contributed by atoms with Crippen LogP contribution in [0, 0.1) is 13.8 Å². The number of hydrogen-bond acceptors (Lipinski definition) is 4. The highest BCUT2D eigenvalue weighted by Crippen LogP contribution is 2.22. The molecule has 0 saturated heterocycles. The Kier molecular flexibility index (Phi) is 3.80. The van der Waals surface area contributed by atoms with Crippen LogP contribution in [-0.2, 0) is 0 Å². The Morgan fingerprint density at radius 3 is 2.73 bits per heavy atom. The van der Waals surface area contributed by atoms with Crippen LogP contribution in [0.15, 0.2) is 48.8 Å². The van der Waals surface area contributed by atoms with E-state index in [1.165, 1.54) is 0 Å². The van der Waals surface area contributed by atoms with E-state index in [1.807, 2.05) is 67.0 Å². The molecule has 0 fully saturated rings. The first-order valence-electron chi connectivity index (χ1n) is 8.25. The van der Waals surface area contributed by atoms with Crippen molar-refractivity contribution in [2.75, 3.05) is 12.4 Å². The summed E-state index contributed by atoms with van der Waals surface area (Å²) >= 11 is 0. The third-order valence-corrected chi connectivity index (χ3v) is 4.29. The number of anilines is 1. The smallest absolute Gasteiger partial charge is 0.257 e. The molecule has 0 bridgehead atoms. The van der Waals surface area contributed by atoms with Crippen LogP contribution in [0.5, 0.6) is 5.75 Å². The SMILES string of the molecule is COc1ccc2cc(C(=O)Nc3ccc4nc(C)cn4c3)c(C)nc2c1. The van der Waals surface area contributed by atoms with E-state index < -0.39 is 0 Å². The predicted molar refractivity (Wildman–Crippen MR) is 101 cm³/mol. The van der Waals surface area contributed by atoms with Gasteiger partial charge in [0.15, 0.2) is 0 Å². The number of pyridine rings is 2. The van der Waals surface area contributed by atoms with E-state index in [4.69, 9.17) is 4.74 Å². The highest BCUT2D eigenvalue weighted by atomic mass is 16.5. The van der Waals surface area contributed by atoms with Crippen molar-refractivity contribution in [3.05, 3.63) is 65.7 Å². The van der Waals surface area contributed by atoms with Gasteiger partial charge in [0.25, 0.3) is 5.91 Å². The number of carbonyl (C=O) groups excluding carboxylic acids is 1. The number of aryl methyl sites for hydroxylation is 2. The van der Waals surface area contributed by atoms with Crippen molar-refractivity contribution >= 4 is 28.1 Å². The van der Waals surface area contributed by atoms with E-state index in [1.54, 1.807) is 7.11 Å². The van der Waals surface area contributed by atoms with Crippen molar-refractivity contribution in [2.45, 2.75) is 13.8 Å². The van der Waals surface area contributed by atoms with Gasteiger partial charge in [-0.1, -0.05) is 0 Å². The molecular formula is C20H18N4O2. The molecule has 6 heteroatoms. The average molecular weight is 346 g/mol. The summed E-state index contributed by atoms with van der Waals surface area (Å²) in [4.78, 5) is 21.7. The molecule has 4 rings (SSSR count). The lowest BCUT2D eigenvalue weighted by Crippen LogP contribution is -2.14. The zero-order chi connectivity index (χ0) is 18.3. The first kappa shape index (κ1) is 16.1. The second-order valence-corrected chi connectivity index (χ2v) is 6.20. The van der Waals surface area contributed by atoms with Gasteiger partial charge in [0.1, 0.15) is 11.4 Å². The summed E-state index contributed by atoms with van der Waals surface area (Å²) in [6.07, 6.45) is 3.77. The van der Waals surface area contributed by atoms with Crippen LogP contribution in [0.4, 0.5) is 5.69 Å². The fraction of sp³-hybridized carbons (Fsp3) is 0.150. The van der Waals surface area contributed by atoms with Gasteiger partial charge >= 0.3 is 0 Å². The lowest BCUT2D eigenvalue weighted by atomic mass is 10.1. The number of methoxy groups -OCH3 is 1. The first-order chi connectivity index (χ1) is 12.5. The third-order valence-electron chi connectivity index (χ3n) is 4.29. The molecule has 1 aromatic carbocycles. The number of amides is 1. The average Bonchev–Trinajstić information content (AvgIpc) is 2.99. The Bertz CT molecular complexity index is 1150. The first-order valence-corrected chi connectivity index (χ1v) is 8.25. The van der Waals surface area contributed by atoms with Crippen molar-refractivity contribution < 1.29 is 9.53 Å². The number of nitrogens with one attached hydrogen (secondary N) is 1. The Hall–Kier alpha value is -3.41. The summed E-state index contributed by atoms with van der Waals surface area (Å²) < 4.78 is 7.12. The predicted octanol–water partition coefficient (Wildman–Crippen LogP) is 3.76. The normalized spacial score (nSPS) is 11.0. The Morgan fingerprint density at radius 1 is 1.08 bits per heavy atom. The van der Waals surface area contributed by atoms with E-state index in [-0.39, 0.29) is 5.91 Å². The van der Waals surface area contributed by atoms with Crippen LogP contribution in [-0.4, -0.2) is 27.4 Å². The molecule has 0 aliphatic heterocycles. The monoisotopic (exact) mass is 346 g/mol. The molecule has 0 radical (unpaired) electrons. The third kappa shape index (κ3) is 2.86. The molecule has 3 heterocycles. The van der Waals surface area contributed by atoms with Crippen molar-refractivity contribution in [1.29, 1.82) is 0 Å². The zero-order valence-corrected chi connectivity index (χ0v) is 14.8. The summed E-state index contributed by atoms with van der Waals surface area (Å²) in [6.45, 7) is 3.76. The van der Waals surface area contributed by atoms with Gasteiger partial charge in [-0.05, 0) is 44.2 Å². The Balaban J connectivity index is 1.67. The topological polar surface area (TPSA) is 68.5 Å². The summed E-state index contributed by atoms with van der Waals surface area (Å²) in [6, 6.07) is 11.2. The minimum atomic E-state index is -0.191. The number of ether oxygens (including phenoxy) is 1. The van der Waals surface area contributed by atoms with Crippen LogP contribution in [0.2, 0.25) is 0 Å². The van der Waals surface area contributed by atoms with Gasteiger partial charge in [-0.25, -0.2) is 4.98 Å². The molecule has 1 amide bonds. The molecule has 26 heavy (non-hydrogen) atoms. The Labute approximate surface area is 150 Å². The van der Waals surface area contributed by atoms with Gasteiger partial charge in [-0.2, -0.15) is 0 Å². The molecule has 6 nitrogen and oxygen atoms in total. The standard InChI is InChI=1S/C20H18N4O2/c1-12-10-24-11-15(5-7-19(24)21-12)23-20(25)17-8-14-4-6-16(26-3)9-18(14)22-13(17)2/h4-11H,1-3H3,(H,23,25). The van der Waals surface area contributed by atoms with Gasteiger partial charge in [0.05, 0.1) is 35.3 Å². The molecule has 0 saturated carbocycles. The molecular weight excluding hydrogens is 328 g/mol. The van der Waals surface area contributed by atoms with Gasteiger partial charge in [-0.15, -0.1) is 0 Å². The van der Waals surface area contributed by atoms with Gasteiger partial charge < -0.3 is 14.5 Å². The van der Waals surface area contributed by atoms with Crippen LogP contribution >= 0.6 is 0 Å². The van der Waals surface area contributed by atoms with Crippen molar-refractivity contribution in [3.8, 4) is 5.75 Å². The lowest BCUT2D eigenvalue weighted by Gasteiger charge is -2.10. The van der Waals surface area contributed by atoms with Crippen molar-refractivity contribution in [2.24, 2.45) is 0 Å². The van der Waals surface area contributed by atoms with E-state index in [9.17, 15) is 4.79 Å². The quantitative estimate of drug-likeness (QED) is 0.613. The zero-order valence-electron chi connectivity index (χ0n) is 14.8. The summed E-state index contributed by atoms with van der Waals surface area (Å²) in [5.74, 6) is 0.550. The number of carbonyl (C=O) groups is 1. The molecule has 130 valence electrons. The van der Waals surface area contributed by atoms with Gasteiger partial charge in [-0.3, -0.25) is 9.78 Å². The molecule has 0 aliphatic rings. The molecule has 0 spiro atoms. The maximum absolute atomic E-state index is 12.7. The molecule has 3 aromatic heterocycles. The fourth-order valence-corrected chi connectivity index (χ4v) is 2.99. The molecule has 0 atom stereocenters. The maximum Gasteiger partial charge on any atom is 0.257 e. The Morgan fingerprint density at radius 2 is 1.92 bits per heavy atom. The van der Waals surface area contributed by atoms with Gasteiger partial charge in [0.2, 0.25) is 0 Å². The van der Waals surface area contributed by atoms with Crippen LogP contribution in [0.25, 0.3) is 16.6 Å². The number of benzene rings is 1. The largest absolute Gasteiger partial charge is 0.497 e. The molecule has 0 unspecified atom stereocenters. The van der Waals surface area contributed by atoms with Crippen molar-refractivity contribution in [3.63, 3.8) is 0 Å². The minimum Gasteiger partial charge on any atom is -0.497 e. The van der Waals surface area contributed by atoms with Crippen LogP contribution < -0.4 is 10.1 Å². The second kappa shape index (κ2) is 6.15. The fourth-order valence-electron chi connectivity index (χ4n) is 2.99. The summed E-state index contributed by atoms with van der Waals surface area (Å²) in [5, 5.41) is 3.83. The number of aromatic nitrogens is 3. The molecule has 0 aliphatic carbocycles. The highest BCUT2D eigenvalue weighted by molar-refractivity contribution is 6.06. The van der Waals surface area contributed by atoms with Gasteiger partial charge in [0, 0.05) is 23.8 Å². The van der Waals surface area contributed by atoms with E-state index >= 15 is 0 Å². The number of hydrogen-bond donors (Lipinski definition) is 1. The summed E-state index contributed by atoms with van der Waals surface area (Å²) in [7, 11) is 1.62. The molecule has 4 aromatic rings. The second-order valence-electron chi connectivity index (χ2n) is 6.20. The van der Waals surface area contributed by atoms with E-state index in [0.717, 1.165) is 28.0 Å². The lowest BCUT2D eigenvalue weighted by molar-refractivity contribution is 0.102. The number of nitrogens with zero attached hydrogens (tertiary/aromatic N) is 3. The number of fused-ring (bicyclic) bond motifs is 2. The molecule has 1 N–H and O–H groups in total.